The van der Waals surface area contributed by atoms with Crippen LogP contribution in [0, 0.1) is 0 Å². The highest BCUT2D eigenvalue weighted by atomic mass is 79.9. The Balaban J connectivity index is 2.55. The molecule has 0 aliphatic carbocycles. The highest BCUT2D eigenvalue weighted by Gasteiger charge is 2.25. The van der Waals surface area contributed by atoms with Gasteiger partial charge in [-0.3, -0.25) is 9.67 Å². The monoisotopic (exact) mass is 400 g/mol. The summed E-state index contributed by atoms with van der Waals surface area (Å²) in [4.78, 5) is 4.52. The lowest BCUT2D eigenvalue weighted by atomic mass is 10.1. The normalized spacial score (nSPS) is 12.9. The topological polar surface area (TPSA) is 42.7 Å². The maximum absolute atomic E-state index is 4.52. The number of hydrogen-bond acceptors (Lipinski definition) is 3. The molecule has 0 spiro atoms. The van der Waals surface area contributed by atoms with Crippen molar-refractivity contribution in [3.8, 4) is 0 Å². The highest BCUT2D eigenvalue weighted by molar-refractivity contribution is 9.10. The van der Waals surface area contributed by atoms with Gasteiger partial charge in [-0.15, -0.1) is 0 Å². The van der Waals surface area contributed by atoms with Gasteiger partial charge in [-0.1, -0.05) is 6.92 Å². The van der Waals surface area contributed by atoms with Crippen LogP contribution in [-0.4, -0.2) is 21.3 Å². The van der Waals surface area contributed by atoms with Gasteiger partial charge in [0.15, 0.2) is 0 Å². The molecule has 20 heavy (non-hydrogen) atoms. The van der Waals surface area contributed by atoms with E-state index in [1.54, 1.807) is 0 Å². The number of pyridine rings is 1. The molecule has 4 nitrogen and oxygen atoms in total. The zero-order chi connectivity index (χ0) is 14.7. The zero-order valence-electron chi connectivity index (χ0n) is 11.8. The minimum Gasteiger partial charge on any atom is -0.304 e. The van der Waals surface area contributed by atoms with E-state index in [1.807, 2.05) is 29.2 Å². The van der Waals surface area contributed by atoms with E-state index in [4.69, 9.17) is 0 Å². The van der Waals surface area contributed by atoms with E-state index in [-0.39, 0.29) is 6.04 Å². The van der Waals surface area contributed by atoms with Crippen molar-refractivity contribution in [3.63, 3.8) is 0 Å². The van der Waals surface area contributed by atoms with Crippen LogP contribution >= 0.6 is 31.9 Å². The molecular weight excluding hydrogens is 384 g/mol. The Hall–Kier alpha value is -0.720. The van der Waals surface area contributed by atoms with E-state index in [1.165, 1.54) is 0 Å². The molecule has 0 aliphatic heterocycles. The van der Waals surface area contributed by atoms with Crippen LogP contribution < -0.4 is 5.32 Å². The SMILES string of the molecule is CCNC(c1ncccc1Br)c1c(Br)cnn1C(C)C. The lowest BCUT2D eigenvalue weighted by Crippen LogP contribution is -2.27. The molecule has 1 unspecified atom stereocenters. The second kappa shape index (κ2) is 6.83. The summed E-state index contributed by atoms with van der Waals surface area (Å²) in [6, 6.07) is 4.22. The Kier molecular flexibility index (Phi) is 5.35. The molecule has 0 amide bonds. The summed E-state index contributed by atoms with van der Waals surface area (Å²) in [5, 5.41) is 7.96. The molecule has 6 heteroatoms. The van der Waals surface area contributed by atoms with Crippen LogP contribution in [0.5, 0.6) is 0 Å². The molecule has 0 aliphatic rings. The predicted octanol–water partition coefficient (Wildman–Crippen LogP) is 4.08. The van der Waals surface area contributed by atoms with Crippen LogP contribution in [0.15, 0.2) is 33.5 Å². The Morgan fingerprint density at radius 3 is 2.65 bits per heavy atom. The van der Waals surface area contributed by atoms with Crippen molar-refractivity contribution >= 4 is 31.9 Å². The maximum atomic E-state index is 4.52. The molecule has 0 saturated carbocycles. The van der Waals surface area contributed by atoms with Crippen molar-refractivity contribution < 1.29 is 0 Å². The van der Waals surface area contributed by atoms with Gasteiger partial charge in [-0.2, -0.15) is 5.10 Å². The third-order valence-electron chi connectivity index (χ3n) is 3.02. The number of rotatable bonds is 5. The van der Waals surface area contributed by atoms with E-state index in [9.17, 15) is 0 Å². The molecule has 1 N–H and O–H groups in total. The summed E-state index contributed by atoms with van der Waals surface area (Å²) in [5.41, 5.74) is 2.07. The molecule has 1 atom stereocenters. The van der Waals surface area contributed by atoms with Crippen LogP contribution in [-0.2, 0) is 0 Å². The lowest BCUT2D eigenvalue weighted by Gasteiger charge is -2.22. The fourth-order valence-electron chi connectivity index (χ4n) is 2.17. The number of nitrogens with one attached hydrogen (secondary N) is 1. The van der Waals surface area contributed by atoms with Gasteiger partial charge in [-0.05, 0) is 64.4 Å². The van der Waals surface area contributed by atoms with Crippen molar-refractivity contribution in [2.75, 3.05) is 6.54 Å². The van der Waals surface area contributed by atoms with Crippen molar-refractivity contribution in [2.45, 2.75) is 32.9 Å². The maximum Gasteiger partial charge on any atom is 0.0945 e. The number of halogens is 2. The molecule has 2 aromatic rings. The smallest absolute Gasteiger partial charge is 0.0945 e. The van der Waals surface area contributed by atoms with E-state index >= 15 is 0 Å². The third-order valence-corrected chi connectivity index (χ3v) is 4.30. The summed E-state index contributed by atoms with van der Waals surface area (Å²) in [6.45, 7) is 7.19. The molecule has 2 heterocycles. The Labute approximate surface area is 136 Å². The Morgan fingerprint density at radius 1 is 1.30 bits per heavy atom. The molecule has 0 saturated heterocycles. The predicted molar refractivity (Wildman–Crippen MR) is 87.8 cm³/mol. The molecule has 0 radical (unpaired) electrons. The average molecular weight is 402 g/mol. The summed E-state index contributed by atoms with van der Waals surface area (Å²) < 4.78 is 4.02. The van der Waals surface area contributed by atoms with Gasteiger partial charge in [-0.25, -0.2) is 0 Å². The van der Waals surface area contributed by atoms with Gasteiger partial charge in [0.05, 0.1) is 28.1 Å². The Bertz CT molecular complexity index is 580. The molecule has 0 fully saturated rings. The molecule has 108 valence electrons. The van der Waals surface area contributed by atoms with Gasteiger partial charge >= 0.3 is 0 Å². The Morgan fingerprint density at radius 2 is 2.05 bits per heavy atom. The lowest BCUT2D eigenvalue weighted by molar-refractivity contribution is 0.471. The molecule has 2 aromatic heterocycles. The number of aromatic nitrogens is 3. The van der Waals surface area contributed by atoms with Crippen molar-refractivity contribution in [2.24, 2.45) is 0 Å². The second-order valence-electron chi connectivity index (χ2n) is 4.78. The van der Waals surface area contributed by atoms with E-state index in [0.29, 0.717) is 6.04 Å². The average Bonchev–Trinajstić information content (AvgIpc) is 2.79. The first-order valence-corrected chi connectivity index (χ1v) is 8.21. The number of nitrogens with zero attached hydrogens (tertiary/aromatic N) is 3. The van der Waals surface area contributed by atoms with Crippen LogP contribution in [0.1, 0.15) is 44.2 Å². The van der Waals surface area contributed by atoms with Gasteiger partial charge in [0, 0.05) is 16.7 Å². The molecule has 2 rings (SSSR count). The minimum absolute atomic E-state index is 0.00477. The van der Waals surface area contributed by atoms with E-state index in [0.717, 1.165) is 26.9 Å². The van der Waals surface area contributed by atoms with Gasteiger partial charge in [0.2, 0.25) is 0 Å². The van der Waals surface area contributed by atoms with Gasteiger partial charge in [0.1, 0.15) is 0 Å². The fourth-order valence-corrected chi connectivity index (χ4v) is 3.16. The van der Waals surface area contributed by atoms with Crippen LogP contribution in [0.25, 0.3) is 0 Å². The van der Waals surface area contributed by atoms with E-state index < -0.39 is 0 Å². The largest absolute Gasteiger partial charge is 0.304 e. The number of hydrogen-bond donors (Lipinski definition) is 1. The summed E-state index contributed by atoms with van der Waals surface area (Å²) in [7, 11) is 0. The molecule has 0 aromatic carbocycles. The first-order chi connectivity index (χ1) is 9.56. The fraction of sp³-hybridized carbons (Fsp3) is 0.429. The standard InChI is InChI=1S/C14H18Br2N4/c1-4-17-13(12-10(15)6-5-7-18-12)14-11(16)8-19-20(14)9(2)3/h5-9,13,17H,4H2,1-3H3. The molecular formula is C14H18Br2N4. The summed E-state index contributed by atoms with van der Waals surface area (Å²) in [5.74, 6) is 0. The first-order valence-electron chi connectivity index (χ1n) is 6.63. The van der Waals surface area contributed by atoms with Crippen LogP contribution in [0.3, 0.4) is 0 Å². The molecule has 0 bridgehead atoms. The van der Waals surface area contributed by atoms with Crippen LogP contribution in [0.4, 0.5) is 0 Å². The van der Waals surface area contributed by atoms with Gasteiger partial charge < -0.3 is 5.32 Å². The highest BCUT2D eigenvalue weighted by Crippen LogP contribution is 2.32. The van der Waals surface area contributed by atoms with Crippen molar-refractivity contribution in [1.29, 1.82) is 0 Å². The minimum atomic E-state index is -0.00477. The first kappa shape index (κ1) is 15.7. The second-order valence-corrected chi connectivity index (χ2v) is 6.49. The summed E-state index contributed by atoms with van der Waals surface area (Å²) in [6.07, 6.45) is 3.66. The summed E-state index contributed by atoms with van der Waals surface area (Å²) >= 11 is 7.20. The van der Waals surface area contributed by atoms with Crippen LogP contribution in [0.2, 0.25) is 0 Å². The zero-order valence-corrected chi connectivity index (χ0v) is 14.9. The van der Waals surface area contributed by atoms with Crippen molar-refractivity contribution in [1.82, 2.24) is 20.1 Å². The van der Waals surface area contributed by atoms with E-state index in [2.05, 4.69) is 68.0 Å². The quantitative estimate of drug-likeness (QED) is 0.820. The van der Waals surface area contributed by atoms with Crippen molar-refractivity contribution in [3.05, 3.63) is 44.9 Å². The third kappa shape index (κ3) is 3.13. The van der Waals surface area contributed by atoms with Gasteiger partial charge in [0.25, 0.3) is 0 Å².